The molecular formula is C12H20ClN. The van der Waals surface area contributed by atoms with Gasteiger partial charge in [0.2, 0.25) is 0 Å². The van der Waals surface area contributed by atoms with Gasteiger partial charge in [-0.1, -0.05) is 12.8 Å². The Morgan fingerprint density at radius 1 is 0.929 bits per heavy atom. The van der Waals surface area contributed by atoms with Gasteiger partial charge in [-0.3, -0.25) is 0 Å². The van der Waals surface area contributed by atoms with E-state index in [0.717, 1.165) is 17.9 Å². The fraction of sp³-hybridized carbons (Fsp3) is 1.00. The molecule has 0 heterocycles. The molecule has 1 N–H and O–H groups in total. The summed E-state index contributed by atoms with van der Waals surface area (Å²) in [5.41, 5.74) is 0. The second-order valence-corrected chi connectivity index (χ2v) is 6.06. The van der Waals surface area contributed by atoms with Gasteiger partial charge in [-0.05, 0) is 43.9 Å². The zero-order valence-corrected chi connectivity index (χ0v) is 9.47. The zero-order chi connectivity index (χ0) is 9.54. The maximum atomic E-state index is 6.30. The molecule has 0 aromatic rings. The first-order valence-electron chi connectivity index (χ1n) is 6.23. The first kappa shape index (κ1) is 9.47. The van der Waals surface area contributed by atoms with Crippen molar-refractivity contribution in [2.24, 2.45) is 11.8 Å². The minimum absolute atomic E-state index is 0.411. The topological polar surface area (TPSA) is 12.0 Å². The van der Waals surface area contributed by atoms with E-state index in [1.165, 1.54) is 44.9 Å². The number of halogens is 1. The van der Waals surface area contributed by atoms with Crippen LogP contribution >= 0.6 is 11.6 Å². The summed E-state index contributed by atoms with van der Waals surface area (Å²) in [6.07, 6.45) is 9.76. The lowest BCUT2D eigenvalue weighted by Gasteiger charge is -2.28. The summed E-state index contributed by atoms with van der Waals surface area (Å²) in [5.74, 6) is 2.04. The number of nitrogens with one attached hydrogen (secondary N) is 1. The van der Waals surface area contributed by atoms with Crippen LogP contribution in [0.3, 0.4) is 0 Å². The highest BCUT2D eigenvalue weighted by molar-refractivity contribution is 6.21. The molecule has 0 aromatic heterocycles. The quantitative estimate of drug-likeness (QED) is 0.696. The normalized spacial score (nSPS) is 51.6. The van der Waals surface area contributed by atoms with E-state index in [4.69, 9.17) is 11.6 Å². The molecule has 14 heavy (non-hydrogen) atoms. The van der Waals surface area contributed by atoms with Crippen molar-refractivity contribution < 1.29 is 0 Å². The monoisotopic (exact) mass is 213 g/mol. The van der Waals surface area contributed by atoms with Gasteiger partial charge in [0.1, 0.15) is 0 Å². The third kappa shape index (κ3) is 1.59. The largest absolute Gasteiger partial charge is 0.309 e. The molecule has 5 unspecified atom stereocenters. The van der Waals surface area contributed by atoms with E-state index >= 15 is 0 Å². The Kier molecular flexibility index (Phi) is 2.49. The Labute approximate surface area is 91.6 Å². The Hall–Kier alpha value is 0.250. The van der Waals surface area contributed by atoms with Crippen LogP contribution in [0.2, 0.25) is 0 Å². The van der Waals surface area contributed by atoms with Crippen LogP contribution in [-0.2, 0) is 0 Å². The molecule has 0 amide bonds. The maximum Gasteiger partial charge on any atom is 0.0489 e. The predicted octanol–water partition coefficient (Wildman–Crippen LogP) is 2.92. The highest BCUT2D eigenvalue weighted by Gasteiger charge is 2.41. The third-order valence-electron chi connectivity index (χ3n) is 4.60. The van der Waals surface area contributed by atoms with E-state index in [9.17, 15) is 0 Å². The minimum atomic E-state index is 0.411. The molecule has 3 fully saturated rings. The van der Waals surface area contributed by atoms with Gasteiger partial charge >= 0.3 is 0 Å². The minimum Gasteiger partial charge on any atom is -0.309 e. The zero-order valence-electron chi connectivity index (χ0n) is 8.71. The van der Waals surface area contributed by atoms with Gasteiger partial charge in [0.15, 0.2) is 0 Å². The highest BCUT2D eigenvalue weighted by Crippen LogP contribution is 2.45. The molecular weight excluding hydrogens is 194 g/mol. The summed E-state index contributed by atoms with van der Waals surface area (Å²) in [6.45, 7) is 0. The molecule has 0 saturated heterocycles. The van der Waals surface area contributed by atoms with Crippen molar-refractivity contribution in [3.05, 3.63) is 0 Å². The summed E-state index contributed by atoms with van der Waals surface area (Å²) >= 11 is 6.30. The van der Waals surface area contributed by atoms with Crippen molar-refractivity contribution >= 4 is 11.6 Å². The fourth-order valence-corrected chi connectivity index (χ4v) is 4.18. The Bertz CT molecular complexity index is 218. The van der Waals surface area contributed by atoms with Crippen LogP contribution in [0, 0.1) is 11.8 Å². The van der Waals surface area contributed by atoms with Gasteiger partial charge in [0.05, 0.1) is 0 Å². The summed E-state index contributed by atoms with van der Waals surface area (Å²) in [4.78, 5) is 0. The van der Waals surface area contributed by atoms with Crippen LogP contribution in [0.15, 0.2) is 0 Å². The standard InChI is InChI=1S/C12H20ClN/c13-10-2-1-3-11(10)14-12-7-8-4-5-9(12)6-8/h8-12,14H,1-7H2. The first-order valence-corrected chi connectivity index (χ1v) is 6.66. The molecule has 0 aliphatic heterocycles. The van der Waals surface area contributed by atoms with Gasteiger partial charge in [-0.25, -0.2) is 0 Å². The van der Waals surface area contributed by atoms with Crippen LogP contribution in [0.4, 0.5) is 0 Å². The van der Waals surface area contributed by atoms with E-state index in [1.54, 1.807) is 0 Å². The van der Waals surface area contributed by atoms with Gasteiger partial charge in [0, 0.05) is 17.5 Å². The number of hydrogen-bond donors (Lipinski definition) is 1. The Morgan fingerprint density at radius 2 is 1.86 bits per heavy atom. The van der Waals surface area contributed by atoms with Crippen molar-refractivity contribution in [1.82, 2.24) is 5.32 Å². The van der Waals surface area contributed by atoms with Crippen molar-refractivity contribution in [3.63, 3.8) is 0 Å². The molecule has 2 bridgehead atoms. The lowest BCUT2D eigenvalue weighted by atomic mass is 9.94. The smallest absolute Gasteiger partial charge is 0.0489 e. The average molecular weight is 214 g/mol. The number of fused-ring (bicyclic) bond motifs is 2. The predicted molar refractivity (Wildman–Crippen MR) is 59.7 cm³/mol. The SMILES string of the molecule is ClC1CCCC1NC1CC2CCC1C2. The second kappa shape index (κ2) is 3.68. The van der Waals surface area contributed by atoms with Crippen molar-refractivity contribution in [2.75, 3.05) is 0 Å². The molecule has 1 nitrogen and oxygen atoms in total. The third-order valence-corrected chi connectivity index (χ3v) is 5.12. The molecule has 3 rings (SSSR count). The van der Waals surface area contributed by atoms with E-state index in [0.29, 0.717) is 11.4 Å². The van der Waals surface area contributed by atoms with E-state index < -0.39 is 0 Å². The molecule has 0 aromatic carbocycles. The summed E-state index contributed by atoms with van der Waals surface area (Å²) in [6, 6.07) is 1.44. The molecule has 80 valence electrons. The van der Waals surface area contributed by atoms with Crippen LogP contribution in [-0.4, -0.2) is 17.5 Å². The summed E-state index contributed by atoms with van der Waals surface area (Å²) in [5, 5.41) is 4.24. The van der Waals surface area contributed by atoms with Crippen molar-refractivity contribution in [3.8, 4) is 0 Å². The molecule has 0 radical (unpaired) electrons. The summed E-state index contributed by atoms with van der Waals surface area (Å²) in [7, 11) is 0. The lowest BCUT2D eigenvalue weighted by molar-refractivity contribution is 0.319. The van der Waals surface area contributed by atoms with Gasteiger partial charge in [0.25, 0.3) is 0 Å². The molecule has 0 spiro atoms. The van der Waals surface area contributed by atoms with Crippen LogP contribution in [0.1, 0.15) is 44.9 Å². The average Bonchev–Trinajstić information content (AvgIpc) is 2.83. The maximum absolute atomic E-state index is 6.30. The molecule has 3 aliphatic carbocycles. The lowest BCUT2D eigenvalue weighted by Crippen LogP contribution is -2.43. The Morgan fingerprint density at radius 3 is 2.43 bits per heavy atom. The number of alkyl halides is 1. The van der Waals surface area contributed by atoms with Crippen LogP contribution < -0.4 is 5.32 Å². The van der Waals surface area contributed by atoms with E-state index in [2.05, 4.69) is 5.32 Å². The van der Waals surface area contributed by atoms with Crippen molar-refractivity contribution in [2.45, 2.75) is 62.4 Å². The van der Waals surface area contributed by atoms with Gasteiger partial charge < -0.3 is 5.32 Å². The van der Waals surface area contributed by atoms with Crippen molar-refractivity contribution in [1.29, 1.82) is 0 Å². The van der Waals surface area contributed by atoms with Gasteiger partial charge in [-0.2, -0.15) is 0 Å². The van der Waals surface area contributed by atoms with E-state index in [-0.39, 0.29) is 0 Å². The first-order chi connectivity index (χ1) is 6.83. The molecule has 2 heteroatoms. The van der Waals surface area contributed by atoms with E-state index in [1.807, 2.05) is 0 Å². The Balaban J connectivity index is 1.57. The van der Waals surface area contributed by atoms with Crippen LogP contribution in [0.25, 0.3) is 0 Å². The number of rotatable bonds is 2. The van der Waals surface area contributed by atoms with Gasteiger partial charge in [-0.15, -0.1) is 11.6 Å². The fourth-order valence-electron chi connectivity index (χ4n) is 3.83. The highest BCUT2D eigenvalue weighted by atomic mass is 35.5. The number of hydrogen-bond acceptors (Lipinski definition) is 1. The molecule has 5 atom stereocenters. The molecule has 3 saturated carbocycles. The molecule has 3 aliphatic rings. The second-order valence-electron chi connectivity index (χ2n) is 5.50. The van der Waals surface area contributed by atoms with Crippen LogP contribution in [0.5, 0.6) is 0 Å². The summed E-state index contributed by atoms with van der Waals surface area (Å²) < 4.78 is 0.